The number of para-hydroxylation sites is 1. The van der Waals surface area contributed by atoms with E-state index in [0.29, 0.717) is 12.3 Å². The Balaban J connectivity index is 2.66. The van der Waals surface area contributed by atoms with E-state index in [1.807, 2.05) is 37.4 Å². The van der Waals surface area contributed by atoms with Crippen molar-refractivity contribution in [1.29, 1.82) is 0 Å². The van der Waals surface area contributed by atoms with E-state index in [4.69, 9.17) is 0 Å². The third kappa shape index (κ3) is 2.87. The molecule has 0 saturated heterocycles. The fourth-order valence-electron chi connectivity index (χ4n) is 1.28. The fourth-order valence-corrected chi connectivity index (χ4v) is 1.28. The Morgan fingerprint density at radius 1 is 1.29 bits per heavy atom. The largest absolute Gasteiger partial charge is 0.315 e. The van der Waals surface area contributed by atoms with Crippen LogP contribution in [-0.4, -0.2) is 13.0 Å². The number of hydrogen-bond acceptors (Lipinski definition) is 1. The van der Waals surface area contributed by atoms with E-state index in [2.05, 4.69) is 13.8 Å². The van der Waals surface area contributed by atoms with Crippen LogP contribution in [0.25, 0.3) is 0 Å². The molecule has 0 bridgehead atoms. The maximum absolute atomic E-state index is 11.7. The lowest BCUT2D eigenvalue weighted by atomic mass is 10.1. The molecule has 76 valence electrons. The zero-order chi connectivity index (χ0) is 10.6. The molecule has 0 radical (unpaired) electrons. The van der Waals surface area contributed by atoms with Gasteiger partial charge >= 0.3 is 0 Å². The molecular formula is C12H17NO. The summed E-state index contributed by atoms with van der Waals surface area (Å²) >= 11 is 0. The van der Waals surface area contributed by atoms with Gasteiger partial charge in [-0.05, 0) is 18.1 Å². The smallest absolute Gasteiger partial charge is 0.226 e. The summed E-state index contributed by atoms with van der Waals surface area (Å²) in [6, 6.07) is 9.71. The lowest BCUT2D eigenvalue weighted by Crippen LogP contribution is -2.27. The highest BCUT2D eigenvalue weighted by Gasteiger charge is 2.11. The van der Waals surface area contributed by atoms with Gasteiger partial charge in [0.05, 0.1) is 0 Å². The second kappa shape index (κ2) is 4.80. The van der Waals surface area contributed by atoms with Gasteiger partial charge in [-0.1, -0.05) is 32.0 Å². The molecule has 2 heteroatoms. The van der Waals surface area contributed by atoms with Crippen molar-refractivity contribution in [3.05, 3.63) is 30.3 Å². The monoisotopic (exact) mass is 191 g/mol. The molecule has 0 aliphatic heterocycles. The quantitative estimate of drug-likeness (QED) is 0.719. The van der Waals surface area contributed by atoms with Gasteiger partial charge < -0.3 is 4.90 Å². The molecule has 0 heterocycles. The van der Waals surface area contributed by atoms with Crippen LogP contribution in [0.15, 0.2) is 30.3 Å². The van der Waals surface area contributed by atoms with Crippen molar-refractivity contribution in [2.75, 3.05) is 11.9 Å². The van der Waals surface area contributed by atoms with Gasteiger partial charge in [0.1, 0.15) is 0 Å². The number of benzene rings is 1. The minimum Gasteiger partial charge on any atom is -0.315 e. The van der Waals surface area contributed by atoms with Gasteiger partial charge in [-0.25, -0.2) is 0 Å². The van der Waals surface area contributed by atoms with Crippen molar-refractivity contribution >= 4 is 11.6 Å². The van der Waals surface area contributed by atoms with Crippen molar-refractivity contribution in [2.45, 2.75) is 20.3 Å². The van der Waals surface area contributed by atoms with Crippen LogP contribution in [0, 0.1) is 5.92 Å². The van der Waals surface area contributed by atoms with Gasteiger partial charge in [0.15, 0.2) is 0 Å². The highest BCUT2D eigenvalue weighted by molar-refractivity contribution is 5.92. The molecule has 0 saturated carbocycles. The van der Waals surface area contributed by atoms with Crippen molar-refractivity contribution in [3.63, 3.8) is 0 Å². The van der Waals surface area contributed by atoms with Crippen LogP contribution in [0.5, 0.6) is 0 Å². The minimum absolute atomic E-state index is 0.172. The number of anilines is 1. The summed E-state index contributed by atoms with van der Waals surface area (Å²) in [4.78, 5) is 13.4. The Labute approximate surface area is 85.5 Å². The molecule has 0 spiro atoms. The molecule has 1 aromatic carbocycles. The van der Waals surface area contributed by atoms with Gasteiger partial charge in [-0.3, -0.25) is 4.79 Å². The number of rotatable bonds is 3. The Morgan fingerprint density at radius 3 is 2.36 bits per heavy atom. The van der Waals surface area contributed by atoms with Crippen LogP contribution in [0.1, 0.15) is 20.3 Å². The number of carbonyl (C=O) groups is 1. The Morgan fingerprint density at radius 2 is 1.86 bits per heavy atom. The van der Waals surface area contributed by atoms with Gasteiger partial charge in [0.25, 0.3) is 0 Å². The Hall–Kier alpha value is -1.31. The molecule has 0 aliphatic rings. The normalized spacial score (nSPS) is 10.3. The molecular weight excluding hydrogens is 174 g/mol. The van der Waals surface area contributed by atoms with E-state index in [1.54, 1.807) is 4.90 Å². The van der Waals surface area contributed by atoms with Gasteiger partial charge in [0, 0.05) is 19.2 Å². The topological polar surface area (TPSA) is 20.3 Å². The molecule has 1 rings (SSSR count). The highest BCUT2D eigenvalue weighted by atomic mass is 16.2. The van der Waals surface area contributed by atoms with Crippen molar-refractivity contribution < 1.29 is 4.79 Å². The molecule has 1 aromatic rings. The number of hydrogen-bond donors (Lipinski definition) is 0. The number of amides is 1. The molecule has 0 fully saturated rings. The van der Waals surface area contributed by atoms with E-state index in [-0.39, 0.29) is 5.91 Å². The molecule has 0 N–H and O–H groups in total. The first kappa shape index (κ1) is 10.8. The average Bonchev–Trinajstić information content (AvgIpc) is 2.17. The van der Waals surface area contributed by atoms with Crippen LogP contribution in [0.4, 0.5) is 5.69 Å². The maximum Gasteiger partial charge on any atom is 0.226 e. The lowest BCUT2D eigenvalue weighted by molar-refractivity contribution is -0.119. The van der Waals surface area contributed by atoms with Crippen molar-refractivity contribution in [2.24, 2.45) is 5.92 Å². The molecule has 14 heavy (non-hydrogen) atoms. The number of nitrogens with zero attached hydrogens (tertiary/aromatic N) is 1. The maximum atomic E-state index is 11.7. The van der Waals surface area contributed by atoms with E-state index in [1.165, 1.54) is 0 Å². The number of carbonyl (C=O) groups excluding carboxylic acids is 1. The summed E-state index contributed by atoms with van der Waals surface area (Å²) in [5.41, 5.74) is 0.957. The van der Waals surface area contributed by atoms with Crippen LogP contribution < -0.4 is 4.90 Å². The van der Waals surface area contributed by atoms with Crippen molar-refractivity contribution in [3.8, 4) is 0 Å². The Bertz CT molecular complexity index is 292. The van der Waals surface area contributed by atoms with E-state index < -0.39 is 0 Å². The third-order valence-corrected chi connectivity index (χ3v) is 2.10. The van der Waals surface area contributed by atoms with E-state index in [9.17, 15) is 4.79 Å². The summed E-state index contributed by atoms with van der Waals surface area (Å²) in [5.74, 6) is 0.583. The zero-order valence-electron chi connectivity index (χ0n) is 9.03. The average molecular weight is 191 g/mol. The second-order valence-corrected chi connectivity index (χ2v) is 3.89. The van der Waals surface area contributed by atoms with Gasteiger partial charge in [-0.2, -0.15) is 0 Å². The van der Waals surface area contributed by atoms with E-state index >= 15 is 0 Å². The summed E-state index contributed by atoms with van der Waals surface area (Å²) in [7, 11) is 1.82. The summed E-state index contributed by atoms with van der Waals surface area (Å²) in [6.45, 7) is 4.10. The minimum atomic E-state index is 0.172. The van der Waals surface area contributed by atoms with Gasteiger partial charge in [0.2, 0.25) is 5.91 Å². The summed E-state index contributed by atoms with van der Waals surface area (Å²) in [6.07, 6.45) is 0.603. The van der Waals surface area contributed by atoms with Crippen LogP contribution in [-0.2, 0) is 4.79 Å². The molecule has 0 atom stereocenters. The van der Waals surface area contributed by atoms with Crippen LogP contribution in [0.3, 0.4) is 0 Å². The predicted octanol–water partition coefficient (Wildman–Crippen LogP) is 2.70. The molecule has 0 aliphatic carbocycles. The lowest BCUT2D eigenvalue weighted by Gasteiger charge is -2.18. The van der Waals surface area contributed by atoms with Crippen LogP contribution >= 0.6 is 0 Å². The third-order valence-electron chi connectivity index (χ3n) is 2.10. The zero-order valence-corrected chi connectivity index (χ0v) is 9.03. The Kier molecular flexibility index (Phi) is 3.69. The first-order valence-corrected chi connectivity index (χ1v) is 4.93. The first-order valence-electron chi connectivity index (χ1n) is 4.93. The van der Waals surface area contributed by atoms with E-state index in [0.717, 1.165) is 5.69 Å². The standard InChI is InChI=1S/C12H17NO/c1-10(2)9-12(14)13(3)11-7-5-4-6-8-11/h4-8,10H,9H2,1-3H3. The summed E-state index contributed by atoms with van der Waals surface area (Å²) < 4.78 is 0. The molecule has 0 aromatic heterocycles. The first-order chi connectivity index (χ1) is 6.61. The molecule has 0 unspecified atom stereocenters. The SMILES string of the molecule is CC(C)CC(=O)N(C)c1ccccc1. The summed E-state index contributed by atoms with van der Waals surface area (Å²) in [5, 5.41) is 0. The van der Waals surface area contributed by atoms with Crippen LogP contribution in [0.2, 0.25) is 0 Å². The predicted molar refractivity (Wildman–Crippen MR) is 59.3 cm³/mol. The van der Waals surface area contributed by atoms with Crippen molar-refractivity contribution in [1.82, 2.24) is 0 Å². The molecule has 1 amide bonds. The second-order valence-electron chi connectivity index (χ2n) is 3.89. The molecule has 2 nitrogen and oxygen atoms in total. The fraction of sp³-hybridized carbons (Fsp3) is 0.417. The highest BCUT2D eigenvalue weighted by Crippen LogP contribution is 2.13. The van der Waals surface area contributed by atoms with Gasteiger partial charge in [-0.15, -0.1) is 0 Å².